The first-order valence-corrected chi connectivity index (χ1v) is 9.85. The van der Waals surface area contributed by atoms with E-state index in [-0.39, 0.29) is 0 Å². The number of rotatable bonds is 6. The van der Waals surface area contributed by atoms with Gasteiger partial charge in [0.2, 0.25) is 0 Å². The van der Waals surface area contributed by atoms with E-state index in [1.807, 2.05) is 25.8 Å². The van der Waals surface area contributed by atoms with Crippen LogP contribution in [0.5, 0.6) is 0 Å². The predicted octanol–water partition coefficient (Wildman–Crippen LogP) is 5.74. The Morgan fingerprint density at radius 3 is 2.43 bits per heavy atom. The van der Waals surface area contributed by atoms with Gasteiger partial charge >= 0.3 is 0 Å². The molecule has 0 radical (unpaired) electrons. The molecule has 2 N–H and O–H groups in total. The lowest BCUT2D eigenvalue weighted by Crippen LogP contribution is -2.33. The first-order chi connectivity index (χ1) is 13.4. The zero-order valence-electron chi connectivity index (χ0n) is 18.1. The molecule has 2 aromatic rings. The lowest BCUT2D eigenvalue weighted by Gasteiger charge is -2.21. The number of aliphatic imine (C=N–C) groups is 1. The third kappa shape index (κ3) is 6.41. The van der Waals surface area contributed by atoms with E-state index in [2.05, 4.69) is 74.5 Å². The molecule has 0 heterocycles. The molecule has 0 unspecified atom stereocenters. The van der Waals surface area contributed by atoms with Crippen molar-refractivity contribution in [3.05, 3.63) is 84.1 Å². The Kier molecular flexibility index (Phi) is 9.80. The van der Waals surface area contributed by atoms with Gasteiger partial charge in [-0.25, -0.2) is 0 Å². The minimum atomic E-state index is 0.509. The van der Waals surface area contributed by atoms with E-state index in [0.29, 0.717) is 12.5 Å². The molecule has 0 fully saturated rings. The minimum absolute atomic E-state index is 0.509. The molecule has 0 saturated carbocycles. The van der Waals surface area contributed by atoms with Gasteiger partial charge in [-0.3, -0.25) is 4.99 Å². The first-order valence-electron chi connectivity index (χ1n) is 9.85. The van der Waals surface area contributed by atoms with Crippen LogP contribution >= 0.6 is 0 Å². The number of nitrogens with two attached hydrogens (primary N) is 1. The summed E-state index contributed by atoms with van der Waals surface area (Å²) < 4.78 is 0. The standard InChI is InChI=1S/C22H29N3.C3H6/c1-6-19-11-9-13-21(17(19)4)20-12-8-10-18(15-20)14-16(3)25(5)22(23)24-7-2;1-3-2/h8-13,15H,3,6-7,14H2,1-2,4-5H3,(H2,23,24);3H,1H2,2H3. The fraction of sp³-hybridized carbons (Fsp3) is 0.320. The van der Waals surface area contributed by atoms with Gasteiger partial charge in [0.25, 0.3) is 0 Å². The Hall–Kier alpha value is -2.81. The Morgan fingerprint density at radius 1 is 1.18 bits per heavy atom. The number of likely N-dealkylation sites (N-methyl/N-ethyl adjacent to an activating group) is 1. The quantitative estimate of drug-likeness (QED) is 0.396. The van der Waals surface area contributed by atoms with Crippen molar-refractivity contribution < 1.29 is 0 Å². The topological polar surface area (TPSA) is 41.6 Å². The van der Waals surface area contributed by atoms with Crippen LogP contribution in [0.4, 0.5) is 0 Å². The number of hydrogen-bond acceptors (Lipinski definition) is 1. The number of nitrogens with zero attached hydrogens (tertiary/aromatic N) is 2. The largest absolute Gasteiger partial charge is 0.370 e. The highest BCUT2D eigenvalue weighted by Gasteiger charge is 2.09. The second-order valence-electron chi connectivity index (χ2n) is 6.69. The molecule has 0 spiro atoms. The highest BCUT2D eigenvalue weighted by atomic mass is 15.2. The van der Waals surface area contributed by atoms with E-state index >= 15 is 0 Å². The van der Waals surface area contributed by atoms with E-state index in [9.17, 15) is 0 Å². The molecule has 0 bridgehead atoms. The number of guanidine groups is 1. The van der Waals surface area contributed by atoms with Crippen molar-refractivity contribution in [3.63, 3.8) is 0 Å². The van der Waals surface area contributed by atoms with Gasteiger partial charge in [-0.05, 0) is 55.0 Å². The van der Waals surface area contributed by atoms with Crippen LogP contribution in [0, 0.1) is 6.92 Å². The van der Waals surface area contributed by atoms with Crippen LogP contribution in [0.2, 0.25) is 0 Å². The maximum Gasteiger partial charge on any atom is 0.195 e. The van der Waals surface area contributed by atoms with Gasteiger partial charge in [0.05, 0.1) is 0 Å². The summed E-state index contributed by atoms with van der Waals surface area (Å²) in [5.74, 6) is 0.509. The summed E-state index contributed by atoms with van der Waals surface area (Å²) in [6.45, 7) is 16.5. The summed E-state index contributed by atoms with van der Waals surface area (Å²) >= 11 is 0. The normalized spacial score (nSPS) is 10.7. The molecule has 2 aromatic carbocycles. The van der Waals surface area contributed by atoms with Crippen molar-refractivity contribution in [3.8, 4) is 11.1 Å². The van der Waals surface area contributed by atoms with Gasteiger partial charge in [0.15, 0.2) is 5.96 Å². The van der Waals surface area contributed by atoms with E-state index in [0.717, 1.165) is 18.5 Å². The second kappa shape index (κ2) is 11.8. The van der Waals surface area contributed by atoms with Crippen LogP contribution < -0.4 is 5.73 Å². The van der Waals surface area contributed by atoms with Crippen LogP contribution in [0.15, 0.2) is 72.4 Å². The summed E-state index contributed by atoms with van der Waals surface area (Å²) in [6.07, 6.45) is 3.55. The van der Waals surface area contributed by atoms with Crippen molar-refractivity contribution >= 4 is 5.96 Å². The molecule has 150 valence electrons. The smallest absolute Gasteiger partial charge is 0.195 e. The van der Waals surface area contributed by atoms with Gasteiger partial charge in [-0.2, -0.15) is 0 Å². The zero-order valence-corrected chi connectivity index (χ0v) is 18.1. The lowest BCUT2D eigenvalue weighted by molar-refractivity contribution is 0.598. The van der Waals surface area contributed by atoms with Crippen molar-refractivity contribution in [2.75, 3.05) is 13.6 Å². The molecule has 0 aliphatic heterocycles. The summed E-state index contributed by atoms with van der Waals surface area (Å²) in [6, 6.07) is 15.2. The van der Waals surface area contributed by atoms with Crippen LogP contribution in [0.25, 0.3) is 11.1 Å². The number of benzene rings is 2. The molecular weight excluding hydrogens is 342 g/mol. The number of hydrogen-bond donors (Lipinski definition) is 1. The number of aryl methyl sites for hydroxylation is 1. The average Bonchev–Trinajstić information content (AvgIpc) is 2.68. The third-order valence-electron chi connectivity index (χ3n) is 4.61. The van der Waals surface area contributed by atoms with E-state index in [1.165, 1.54) is 27.8 Å². The molecule has 0 saturated heterocycles. The van der Waals surface area contributed by atoms with Gasteiger partial charge < -0.3 is 10.6 Å². The molecule has 3 heteroatoms. The maximum absolute atomic E-state index is 5.97. The minimum Gasteiger partial charge on any atom is -0.370 e. The molecule has 0 aliphatic carbocycles. The van der Waals surface area contributed by atoms with Gasteiger partial charge in [0.1, 0.15) is 0 Å². The highest BCUT2D eigenvalue weighted by molar-refractivity contribution is 5.79. The number of allylic oxidation sites excluding steroid dienone is 2. The van der Waals surface area contributed by atoms with Crippen molar-refractivity contribution in [2.45, 2.75) is 40.5 Å². The molecule has 3 nitrogen and oxygen atoms in total. The molecule has 0 aliphatic rings. The Labute approximate surface area is 171 Å². The van der Waals surface area contributed by atoms with Crippen molar-refractivity contribution in [1.82, 2.24) is 4.90 Å². The van der Waals surface area contributed by atoms with E-state index in [4.69, 9.17) is 5.73 Å². The molecule has 0 atom stereocenters. The van der Waals surface area contributed by atoms with Crippen molar-refractivity contribution in [2.24, 2.45) is 10.7 Å². The highest BCUT2D eigenvalue weighted by Crippen LogP contribution is 2.27. The van der Waals surface area contributed by atoms with Crippen LogP contribution in [0.3, 0.4) is 0 Å². The summed E-state index contributed by atoms with van der Waals surface area (Å²) in [7, 11) is 1.91. The summed E-state index contributed by atoms with van der Waals surface area (Å²) in [4.78, 5) is 6.10. The molecule has 28 heavy (non-hydrogen) atoms. The maximum atomic E-state index is 5.97. The Balaban J connectivity index is 0.00000122. The molecule has 2 rings (SSSR count). The third-order valence-corrected chi connectivity index (χ3v) is 4.61. The first kappa shape index (κ1) is 23.2. The van der Waals surface area contributed by atoms with Crippen molar-refractivity contribution in [1.29, 1.82) is 0 Å². The second-order valence-corrected chi connectivity index (χ2v) is 6.69. The van der Waals surface area contributed by atoms with E-state index in [1.54, 1.807) is 6.08 Å². The zero-order chi connectivity index (χ0) is 21.1. The Bertz CT molecular complexity index is 818. The monoisotopic (exact) mass is 377 g/mol. The van der Waals surface area contributed by atoms with Gasteiger partial charge in [-0.1, -0.05) is 62.0 Å². The van der Waals surface area contributed by atoms with E-state index < -0.39 is 0 Å². The van der Waals surface area contributed by atoms with Crippen LogP contribution in [-0.4, -0.2) is 24.5 Å². The lowest BCUT2D eigenvalue weighted by atomic mass is 9.94. The summed E-state index contributed by atoms with van der Waals surface area (Å²) in [5.41, 5.74) is 13.4. The van der Waals surface area contributed by atoms with Gasteiger partial charge in [0, 0.05) is 25.7 Å². The van der Waals surface area contributed by atoms with Crippen LogP contribution in [0.1, 0.15) is 37.5 Å². The van der Waals surface area contributed by atoms with Crippen LogP contribution in [-0.2, 0) is 12.8 Å². The molecule has 0 aromatic heterocycles. The average molecular weight is 378 g/mol. The summed E-state index contributed by atoms with van der Waals surface area (Å²) in [5, 5.41) is 0. The predicted molar refractivity (Wildman–Crippen MR) is 125 cm³/mol. The van der Waals surface area contributed by atoms with Gasteiger partial charge in [-0.15, -0.1) is 6.58 Å². The molecular formula is C25H35N3. The molecule has 0 amide bonds. The fourth-order valence-electron chi connectivity index (χ4n) is 3.01. The Morgan fingerprint density at radius 2 is 1.82 bits per heavy atom. The SMILES string of the molecule is C=C(Cc1cccc(-c2cccc(CC)c2C)c1)N(C)C(N)=NCC.C=CC. The fourth-order valence-corrected chi connectivity index (χ4v) is 3.01.